The summed E-state index contributed by atoms with van der Waals surface area (Å²) >= 11 is 0. The molecule has 0 atom stereocenters. The first-order valence-electron chi connectivity index (χ1n) is 8.15. The second-order valence-corrected chi connectivity index (χ2v) is 5.85. The van der Waals surface area contributed by atoms with Gasteiger partial charge in [0.05, 0.1) is 6.61 Å². The summed E-state index contributed by atoms with van der Waals surface area (Å²) in [5.41, 5.74) is 3.16. The van der Waals surface area contributed by atoms with E-state index in [0.717, 1.165) is 42.2 Å². The molecule has 0 fully saturated rings. The number of halogens is 1. The van der Waals surface area contributed by atoms with E-state index in [1.165, 1.54) is 0 Å². The lowest BCUT2D eigenvalue weighted by atomic mass is 10.1. The summed E-state index contributed by atoms with van der Waals surface area (Å²) in [7, 11) is 1.64. The fraction of sp³-hybridized carbons (Fsp3) is 0.444. The van der Waals surface area contributed by atoms with Crippen LogP contribution < -0.4 is 4.74 Å². The quantitative estimate of drug-likeness (QED) is 0.814. The number of nitrogens with zero attached hydrogens (tertiary/aromatic N) is 3. The zero-order chi connectivity index (χ0) is 16.9. The molecule has 2 aromatic rings. The topological polar surface area (TPSA) is 47.5 Å². The van der Waals surface area contributed by atoms with Crippen LogP contribution in [0.1, 0.15) is 29.6 Å². The van der Waals surface area contributed by atoms with Crippen molar-refractivity contribution >= 4 is 0 Å². The Hall–Kier alpha value is -2.05. The van der Waals surface area contributed by atoms with Gasteiger partial charge in [-0.25, -0.2) is 14.4 Å². The van der Waals surface area contributed by atoms with Crippen molar-refractivity contribution in [1.29, 1.82) is 0 Å². The number of aromatic nitrogens is 2. The van der Waals surface area contributed by atoms with Gasteiger partial charge in [-0.3, -0.25) is 4.90 Å². The van der Waals surface area contributed by atoms with Gasteiger partial charge in [0.2, 0.25) is 0 Å². The van der Waals surface area contributed by atoms with Crippen molar-refractivity contribution in [2.75, 3.05) is 20.3 Å². The van der Waals surface area contributed by atoms with Gasteiger partial charge in [-0.2, -0.15) is 0 Å². The van der Waals surface area contributed by atoms with Crippen LogP contribution >= 0.6 is 0 Å². The highest BCUT2D eigenvalue weighted by Crippen LogP contribution is 2.22. The van der Waals surface area contributed by atoms with Crippen LogP contribution in [-0.4, -0.2) is 35.1 Å². The van der Waals surface area contributed by atoms with Gasteiger partial charge in [-0.1, -0.05) is 6.07 Å². The maximum Gasteiger partial charge on any atom is 0.165 e. The van der Waals surface area contributed by atoms with Gasteiger partial charge in [0.25, 0.3) is 0 Å². The summed E-state index contributed by atoms with van der Waals surface area (Å²) in [6, 6.07) is 5.17. The third-order valence-electron chi connectivity index (χ3n) is 4.04. The molecule has 0 spiro atoms. The fourth-order valence-electron chi connectivity index (χ4n) is 2.92. The van der Waals surface area contributed by atoms with E-state index in [1.807, 2.05) is 19.2 Å². The molecular formula is C18H22FN3O2. The molecule has 24 heavy (non-hydrogen) atoms. The summed E-state index contributed by atoms with van der Waals surface area (Å²) in [5.74, 6) is 0.724. The van der Waals surface area contributed by atoms with Crippen molar-refractivity contribution < 1.29 is 13.9 Å². The number of fused-ring (bicyclic) bond motifs is 1. The van der Waals surface area contributed by atoms with Crippen LogP contribution in [-0.2, 0) is 30.9 Å². The van der Waals surface area contributed by atoms with Gasteiger partial charge in [-0.05, 0) is 24.6 Å². The number of ether oxygens (including phenoxy) is 2. The average molecular weight is 331 g/mol. The van der Waals surface area contributed by atoms with Crippen molar-refractivity contribution in [3.8, 4) is 5.75 Å². The molecule has 0 saturated carbocycles. The molecule has 1 aromatic heterocycles. The largest absolute Gasteiger partial charge is 0.491 e. The molecule has 0 unspecified atom stereocenters. The molecule has 0 amide bonds. The monoisotopic (exact) mass is 331 g/mol. The van der Waals surface area contributed by atoms with Crippen molar-refractivity contribution in [2.45, 2.75) is 33.0 Å². The molecule has 128 valence electrons. The van der Waals surface area contributed by atoms with Crippen molar-refractivity contribution in [1.82, 2.24) is 14.9 Å². The first-order chi connectivity index (χ1) is 11.7. The van der Waals surface area contributed by atoms with Crippen LogP contribution in [0.5, 0.6) is 5.75 Å². The number of hydrogen-bond acceptors (Lipinski definition) is 5. The highest BCUT2D eigenvalue weighted by Gasteiger charge is 2.19. The van der Waals surface area contributed by atoms with E-state index >= 15 is 0 Å². The molecule has 0 aliphatic carbocycles. The maximum atomic E-state index is 14.0. The van der Waals surface area contributed by atoms with Gasteiger partial charge >= 0.3 is 0 Å². The Morgan fingerprint density at radius 2 is 2.21 bits per heavy atom. The molecular weight excluding hydrogens is 309 g/mol. The van der Waals surface area contributed by atoms with Crippen LogP contribution in [0.25, 0.3) is 0 Å². The zero-order valence-corrected chi connectivity index (χ0v) is 14.1. The fourth-order valence-corrected chi connectivity index (χ4v) is 2.92. The Morgan fingerprint density at radius 3 is 2.96 bits per heavy atom. The van der Waals surface area contributed by atoms with E-state index in [0.29, 0.717) is 25.5 Å². The van der Waals surface area contributed by atoms with E-state index in [-0.39, 0.29) is 5.82 Å². The minimum atomic E-state index is -0.306. The Labute approximate surface area is 141 Å². The smallest absolute Gasteiger partial charge is 0.165 e. The summed E-state index contributed by atoms with van der Waals surface area (Å²) in [5, 5.41) is 0. The lowest BCUT2D eigenvalue weighted by Crippen LogP contribution is -2.31. The molecule has 1 aliphatic rings. The van der Waals surface area contributed by atoms with Gasteiger partial charge in [0, 0.05) is 50.6 Å². The normalized spacial score (nSPS) is 14.5. The van der Waals surface area contributed by atoms with Crippen LogP contribution in [0.2, 0.25) is 0 Å². The second kappa shape index (κ2) is 7.68. The van der Waals surface area contributed by atoms with E-state index < -0.39 is 0 Å². The first kappa shape index (κ1) is 16.8. The Balaban J connectivity index is 1.66. The van der Waals surface area contributed by atoms with Gasteiger partial charge in [0.1, 0.15) is 6.61 Å². The van der Waals surface area contributed by atoms with Gasteiger partial charge < -0.3 is 9.47 Å². The summed E-state index contributed by atoms with van der Waals surface area (Å²) in [6.45, 7) is 5.11. The van der Waals surface area contributed by atoms with Crippen LogP contribution in [0, 0.1) is 5.82 Å². The van der Waals surface area contributed by atoms with Crippen molar-refractivity contribution in [2.24, 2.45) is 0 Å². The predicted molar refractivity (Wildman–Crippen MR) is 88.1 cm³/mol. The lowest BCUT2D eigenvalue weighted by molar-refractivity contribution is 0.176. The molecule has 6 heteroatoms. The minimum absolute atomic E-state index is 0.306. The molecule has 3 rings (SSSR count). The first-order valence-corrected chi connectivity index (χ1v) is 8.15. The maximum absolute atomic E-state index is 14.0. The Kier molecular flexibility index (Phi) is 5.37. The number of methoxy groups -OCH3 is 1. The molecule has 0 bridgehead atoms. The second-order valence-electron chi connectivity index (χ2n) is 5.85. The molecule has 0 radical (unpaired) electrons. The molecule has 5 nitrogen and oxygen atoms in total. The van der Waals surface area contributed by atoms with Gasteiger partial charge in [0.15, 0.2) is 17.4 Å². The van der Waals surface area contributed by atoms with Crippen LogP contribution in [0.3, 0.4) is 0 Å². The number of rotatable bonds is 6. The Bertz CT molecular complexity index is 709. The molecule has 0 saturated heterocycles. The van der Waals surface area contributed by atoms with E-state index in [4.69, 9.17) is 9.47 Å². The van der Waals surface area contributed by atoms with Crippen LogP contribution in [0.4, 0.5) is 4.39 Å². The van der Waals surface area contributed by atoms with Crippen molar-refractivity contribution in [3.05, 3.63) is 52.9 Å². The highest BCUT2D eigenvalue weighted by molar-refractivity contribution is 5.29. The van der Waals surface area contributed by atoms with E-state index in [1.54, 1.807) is 19.2 Å². The third-order valence-corrected chi connectivity index (χ3v) is 4.04. The van der Waals surface area contributed by atoms with Crippen LogP contribution in [0.15, 0.2) is 24.4 Å². The van der Waals surface area contributed by atoms with Gasteiger partial charge in [-0.15, -0.1) is 0 Å². The molecule has 1 aromatic carbocycles. The third kappa shape index (κ3) is 3.88. The average Bonchev–Trinajstić information content (AvgIpc) is 2.58. The molecule has 1 aliphatic heterocycles. The lowest BCUT2D eigenvalue weighted by Gasteiger charge is -2.28. The summed E-state index contributed by atoms with van der Waals surface area (Å²) in [6.07, 6.45) is 2.75. The minimum Gasteiger partial charge on any atom is -0.491 e. The van der Waals surface area contributed by atoms with Crippen molar-refractivity contribution in [3.63, 3.8) is 0 Å². The van der Waals surface area contributed by atoms with E-state index in [2.05, 4.69) is 14.9 Å². The number of hydrogen-bond donors (Lipinski definition) is 0. The number of benzene rings is 1. The Morgan fingerprint density at radius 1 is 1.33 bits per heavy atom. The summed E-state index contributed by atoms with van der Waals surface area (Å²) in [4.78, 5) is 11.2. The van der Waals surface area contributed by atoms with E-state index in [9.17, 15) is 4.39 Å². The molecule has 2 heterocycles. The predicted octanol–water partition coefficient (Wildman–Crippen LogP) is 2.72. The molecule has 0 N–H and O–H groups in total. The highest BCUT2D eigenvalue weighted by atomic mass is 19.1. The SMILES string of the molecule is CCOc1ccc(CN2CCc3nc(COC)ncc3C2)cc1F. The summed E-state index contributed by atoms with van der Waals surface area (Å²) < 4.78 is 24.3. The zero-order valence-electron chi connectivity index (χ0n) is 14.1. The standard InChI is InChI=1S/C18H22FN3O2/c1-3-24-17-5-4-13(8-15(17)19)10-22-7-6-16-14(11-22)9-20-18(21-16)12-23-2/h4-5,8-9H,3,6-7,10-12H2,1-2H3.